The van der Waals surface area contributed by atoms with Crippen molar-refractivity contribution in [3.63, 3.8) is 0 Å². The zero-order valence-corrected chi connectivity index (χ0v) is 11.2. The van der Waals surface area contributed by atoms with E-state index in [4.69, 9.17) is 16.3 Å². The van der Waals surface area contributed by atoms with E-state index in [0.29, 0.717) is 10.9 Å². The molecule has 1 aliphatic rings. The van der Waals surface area contributed by atoms with Gasteiger partial charge in [0.25, 0.3) is 0 Å². The van der Waals surface area contributed by atoms with E-state index >= 15 is 0 Å². The van der Waals surface area contributed by atoms with Gasteiger partial charge in [0.05, 0.1) is 13.0 Å². The first-order valence-corrected chi connectivity index (χ1v) is 6.33. The Morgan fingerprint density at radius 2 is 2.25 bits per heavy atom. The second-order valence-electron chi connectivity index (χ2n) is 4.00. The molecule has 1 aromatic carbocycles. The average Bonchev–Trinajstić information content (AvgIpc) is 3.05. The maximum atomic E-state index is 11.8. The predicted molar refractivity (Wildman–Crippen MR) is 66.6 cm³/mol. The maximum Gasteiger partial charge on any atom is 0.313 e. The maximum absolute atomic E-state index is 11.8. The minimum absolute atomic E-state index is 0.156. The SMILES string of the molecule is COC(=O)C(c1ccc(Cl)cc1Br)C1CC1. The molecule has 1 saturated carbocycles. The fraction of sp³-hybridized carbons (Fsp3) is 0.417. The molecule has 4 heteroatoms. The normalized spacial score (nSPS) is 16.9. The van der Waals surface area contributed by atoms with Crippen LogP contribution in [0.4, 0.5) is 0 Å². The lowest BCUT2D eigenvalue weighted by Gasteiger charge is -2.15. The number of esters is 1. The number of carbonyl (C=O) groups excluding carboxylic acids is 1. The van der Waals surface area contributed by atoms with Gasteiger partial charge >= 0.3 is 5.97 Å². The molecule has 0 bridgehead atoms. The number of halogens is 2. The summed E-state index contributed by atoms with van der Waals surface area (Å²) < 4.78 is 5.74. The molecule has 1 fully saturated rings. The Hall–Kier alpha value is -0.540. The lowest BCUT2D eigenvalue weighted by atomic mass is 9.94. The highest BCUT2D eigenvalue weighted by Crippen LogP contribution is 2.45. The summed E-state index contributed by atoms with van der Waals surface area (Å²) in [5.41, 5.74) is 0.971. The molecule has 0 aromatic heterocycles. The fourth-order valence-corrected chi connectivity index (χ4v) is 2.81. The number of carbonyl (C=O) groups is 1. The van der Waals surface area contributed by atoms with Crippen LogP contribution in [0.1, 0.15) is 24.3 Å². The fourth-order valence-electron chi connectivity index (χ4n) is 1.88. The second-order valence-corrected chi connectivity index (χ2v) is 5.29. The molecule has 0 amide bonds. The third-order valence-electron chi connectivity index (χ3n) is 2.85. The zero-order valence-electron chi connectivity index (χ0n) is 8.87. The Labute approximate surface area is 108 Å². The van der Waals surface area contributed by atoms with E-state index in [9.17, 15) is 4.79 Å². The summed E-state index contributed by atoms with van der Waals surface area (Å²) in [5, 5.41) is 0.662. The van der Waals surface area contributed by atoms with Crippen LogP contribution in [0.5, 0.6) is 0 Å². The molecule has 1 aliphatic carbocycles. The van der Waals surface area contributed by atoms with E-state index in [1.165, 1.54) is 7.11 Å². The number of hydrogen-bond donors (Lipinski definition) is 0. The smallest absolute Gasteiger partial charge is 0.313 e. The van der Waals surface area contributed by atoms with E-state index in [2.05, 4.69) is 15.9 Å². The molecule has 1 unspecified atom stereocenters. The Bertz CT molecular complexity index is 415. The van der Waals surface area contributed by atoms with Crippen LogP contribution in [0.25, 0.3) is 0 Å². The molecular weight excluding hydrogens is 291 g/mol. The number of rotatable bonds is 3. The summed E-state index contributed by atoms with van der Waals surface area (Å²) in [6.45, 7) is 0. The summed E-state index contributed by atoms with van der Waals surface area (Å²) >= 11 is 9.33. The van der Waals surface area contributed by atoms with E-state index in [1.807, 2.05) is 12.1 Å². The van der Waals surface area contributed by atoms with E-state index in [-0.39, 0.29) is 11.9 Å². The van der Waals surface area contributed by atoms with Gasteiger partial charge in [-0.3, -0.25) is 4.79 Å². The molecule has 0 saturated heterocycles. The van der Waals surface area contributed by atoms with Gasteiger partial charge in [0, 0.05) is 9.50 Å². The van der Waals surface area contributed by atoms with Gasteiger partial charge in [-0.1, -0.05) is 33.6 Å². The molecular formula is C12H12BrClO2. The third kappa shape index (κ3) is 2.41. The first-order chi connectivity index (χ1) is 7.63. The number of benzene rings is 1. The van der Waals surface area contributed by atoms with Crippen molar-refractivity contribution in [3.8, 4) is 0 Å². The highest BCUT2D eigenvalue weighted by molar-refractivity contribution is 9.10. The van der Waals surface area contributed by atoms with Crippen LogP contribution in [-0.4, -0.2) is 13.1 Å². The van der Waals surface area contributed by atoms with Gasteiger partial charge in [0.2, 0.25) is 0 Å². The first kappa shape index (κ1) is 11.9. The minimum atomic E-state index is -0.162. The summed E-state index contributed by atoms with van der Waals surface area (Å²) in [5.74, 6) is 0.104. The van der Waals surface area contributed by atoms with Crippen LogP contribution in [0.3, 0.4) is 0 Å². The largest absolute Gasteiger partial charge is 0.469 e. The first-order valence-electron chi connectivity index (χ1n) is 5.16. The molecule has 2 nitrogen and oxygen atoms in total. The summed E-state index contributed by atoms with van der Waals surface area (Å²) in [6.07, 6.45) is 2.18. The average molecular weight is 304 g/mol. The Morgan fingerprint density at radius 3 is 2.75 bits per heavy atom. The van der Waals surface area contributed by atoms with Gasteiger partial charge in [0.15, 0.2) is 0 Å². The van der Waals surface area contributed by atoms with Crippen molar-refractivity contribution in [3.05, 3.63) is 33.3 Å². The van der Waals surface area contributed by atoms with Gasteiger partial charge in [0.1, 0.15) is 0 Å². The van der Waals surface area contributed by atoms with Crippen molar-refractivity contribution >= 4 is 33.5 Å². The van der Waals surface area contributed by atoms with Crippen LogP contribution < -0.4 is 0 Å². The van der Waals surface area contributed by atoms with Crippen molar-refractivity contribution in [1.29, 1.82) is 0 Å². The number of ether oxygens (including phenoxy) is 1. The summed E-state index contributed by atoms with van der Waals surface area (Å²) in [6, 6.07) is 5.52. The van der Waals surface area contributed by atoms with Gasteiger partial charge in [-0.2, -0.15) is 0 Å². The van der Waals surface area contributed by atoms with E-state index < -0.39 is 0 Å². The Kier molecular flexibility index (Phi) is 3.55. The molecule has 0 N–H and O–H groups in total. The van der Waals surface area contributed by atoms with Crippen molar-refractivity contribution in [1.82, 2.24) is 0 Å². The van der Waals surface area contributed by atoms with Crippen molar-refractivity contribution in [2.24, 2.45) is 5.92 Å². The van der Waals surface area contributed by atoms with Crippen LogP contribution in [0.15, 0.2) is 22.7 Å². The highest BCUT2D eigenvalue weighted by Gasteiger charge is 2.38. The molecule has 0 spiro atoms. The van der Waals surface area contributed by atoms with Crippen molar-refractivity contribution < 1.29 is 9.53 Å². The topological polar surface area (TPSA) is 26.3 Å². The summed E-state index contributed by atoms with van der Waals surface area (Å²) in [7, 11) is 1.43. The van der Waals surface area contributed by atoms with Gasteiger partial charge in [-0.25, -0.2) is 0 Å². The molecule has 0 aliphatic heterocycles. The van der Waals surface area contributed by atoms with Crippen LogP contribution >= 0.6 is 27.5 Å². The predicted octanol–water partition coefficient (Wildman–Crippen LogP) is 3.77. The van der Waals surface area contributed by atoms with Gasteiger partial charge in [-0.15, -0.1) is 0 Å². The molecule has 0 radical (unpaired) electrons. The molecule has 1 atom stereocenters. The van der Waals surface area contributed by atoms with Crippen LogP contribution in [0.2, 0.25) is 5.02 Å². The molecule has 1 aromatic rings. The minimum Gasteiger partial charge on any atom is -0.469 e. The van der Waals surface area contributed by atoms with Crippen molar-refractivity contribution in [2.45, 2.75) is 18.8 Å². The van der Waals surface area contributed by atoms with E-state index in [1.54, 1.807) is 6.07 Å². The number of methoxy groups -OCH3 is 1. The Balaban J connectivity index is 2.34. The van der Waals surface area contributed by atoms with Gasteiger partial charge < -0.3 is 4.74 Å². The monoisotopic (exact) mass is 302 g/mol. The zero-order chi connectivity index (χ0) is 11.7. The third-order valence-corrected chi connectivity index (χ3v) is 3.77. The lowest BCUT2D eigenvalue weighted by Crippen LogP contribution is -2.16. The summed E-state index contributed by atoms with van der Waals surface area (Å²) in [4.78, 5) is 11.8. The number of hydrogen-bond acceptors (Lipinski definition) is 2. The lowest BCUT2D eigenvalue weighted by molar-refractivity contribution is -0.143. The highest BCUT2D eigenvalue weighted by atomic mass is 79.9. The quantitative estimate of drug-likeness (QED) is 0.795. The van der Waals surface area contributed by atoms with Gasteiger partial charge in [-0.05, 0) is 36.5 Å². The van der Waals surface area contributed by atoms with E-state index in [0.717, 1.165) is 22.9 Å². The van der Waals surface area contributed by atoms with Crippen molar-refractivity contribution in [2.75, 3.05) is 7.11 Å². The molecule has 16 heavy (non-hydrogen) atoms. The van der Waals surface area contributed by atoms with Crippen LogP contribution in [0, 0.1) is 5.92 Å². The molecule has 86 valence electrons. The Morgan fingerprint density at radius 1 is 1.56 bits per heavy atom. The standard InChI is InChI=1S/C12H12BrClO2/c1-16-12(15)11(7-2-3-7)9-5-4-8(14)6-10(9)13/h4-7,11H,2-3H2,1H3. The molecule has 2 rings (SSSR count). The van der Waals surface area contributed by atoms with Crippen LogP contribution in [-0.2, 0) is 9.53 Å². The second kappa shape index (κ2) is 4.76. The molecule has 0 heterocycles.